The van der Waals surface area contributed by atoms with Crippen LogP contribution in [0.2, 0.25) is 5.02 Å². The van der Waals surface area contributed by atoms with Crippen molar-refractivity contribution in [2.24, 2.45) is 0 Å². The molecule has 0 atom stereocenters. The van der Waals surface area contributed by atoms with Crippen LogP contribution in [0.3, 0.4) is 0 Å². The highest BCUT2D eigenvalue weighted by Crippen LogP contribution is 2.18. The van der Waals surface area contributed by atoms with Crippen molar-refractivity contribution >= 4 is 34.6 Å². The molecule has 0 aromatic heterocycles. The van der Waals surface area contributed by atoms with Crippen molar-refractivity contribution < 1.29 is 9.72 Å². The highest BCUT2D eigenvalue weighted by molar-refractivity contribution is 6.30. The van der Waals surface area contributed by atoms with E-state index in [2.05, 4.69) is 10.6 Å². The van der Waals surface area contributed by atoms with Crippen molar-refractivity contribution in [3.05, 3.63) is 75.4 Å². The second-order valence-electron chi connectivity index (χ2n) is 4.58. The number of non-ortho nitro benzene ring substituents is 1. The Labute approximate surface area is 142 Å². The lowest BCUT2D eigenvalue weighted by Crippen LogP contribution is -2.14. The normalized spacial score (nSPS) is 10.6. The molecule has 0 aliphatic rings. The average Bonchev–Trinajstić information content (AvgIpc) is 2.57. The van der Waals surface area contributed by atoms with Gasteiger partial charge in [-0.2, -0.15) is 5.26 Å². The number of halogens is 1. The van der Waals surface area contributed by atoms with E-state index in [1.165, 1.54) is 30.5 Å². The third kappa shape index (κ3) is 4.56. The molecule has 0 saturated heterocycles. The lowest BCUT2D eigenvalue weighted by Gasteiger charge is -2.05. The number of carbonyl (C=O) groups excluding carboxylic acids is 1. The maximum absolute atomic E-state index is 12.1. The topological polar surface area (TPSA) is 108 Å². The van der Waals surface area contributed by atoms with Crippen LogP contribution in [0.5, 0.6) is 0 Å². The minimum absolute atomic E-state index is 0.158. The molecule has 0 bridgehead atoms. The standard InChI is InChI=1S/C16H11ClN4O3/c17-12-4-6-13(7-5-12)19-10-11(9-18)16(22)20-14-2-1-3-15(8-14)21(23)24/h1-8,10,19H,(H,20,22)/b11-10-. The van der Waals surface area contributed by atoms with Crippen LogP contribution < -0.4 is 10.6 Å². The summed E-state index contributed by atoms with van der Waals surface area (Å²) in [5.41, 5.74) is 0.531. The van der Waals surface area contributed by atoms with Crippen LogP contribution in [0, 0.1) is 21.4 Å². The molecule has 0 aliphatic carbocycles. The zero-order valence-electron chi connectivity index (χ0n) is 12.2. The van der Waals surface area contributed by atoms with Gasteiger partial charge >= 0.3 is 0 Å². The Balaban J connectivity index is 2.10. The Morgan fingerprint density at radius 3 is 2.54 bits per heavy atom. The zero-order valence-corrected chi connectivity index (χ0v) is 12.9. The van der Waals surface area contributed by atoms with Gasteiger partial charge in [-0.3, -0.25) is 14.9 Å². The van der Waals surface area contributed by atoms with Crippen molar-refractivity contribution in [1.29, 1.82) is 5.26 Å². The Morgan fingerprint density at radius 1 is 1.21 bits per heavy atom. The van der Waals surface area contributed by atoms with Crippen molar-refractivity contribution in [2.45, 2.75) is 0 Å². The van der Waals surface area contributed by atoms with Crippen LogP contribution in [-0.2, 0) is 4.79 Å². The van der Waals surface area contributed by atoms with E-state index in [-0.39, 0.29) is 16.9 Å². The van der Waals surface area contributed by atoms with Gasteiger partial charge in [0.2, 0.25) is 0 Å². The molecule has 24 heavy (non-hydrogen) atoms. The molecule has 0 fully saturated rings. The van der Waals surface area contributed by atoms with Gasteiger partial charge in [-0.15, -0.1) is 0 Å². The first-order chi connectivity index (χ1) is 11.5. The molecule has 2 aromatic carbocycles. The minimum Gasteiger partial charge on any atom is -0.360 e. The summed E-state index contributed by atoms with van der Waals surface area (Å²) in [6.07, 6.45) is 1.25. The fourth-order valence-corrected chi connectivity index (χ4v) is 1.87. The molecule has 2 N–H and O–H groups in total. The number of rotatable bonds is 5. The fraction of sp³-hybridized carbons (Fsp3) is 0. The summed E-state index contributed by atoms with van der Waals surface area (Å²) in [6, 6.07) is 13.9. The summed E-state index contributed by atoms with van der Waals surface area (Å²) in [5.74, 6) is -0.681. The molecule has 0 aliphatic heterocycles. The maximum Gasteiger partial charge on any atom is 0.271 e. The number of nitrogens with one attached hydrogen (secondary N) is 2. The van der Waals surface area contributed by atoms with Gasteiger partial charge in [-0.25, -0.2) is 0 Å². The first-order valence-corrected chi connectivity index (χ1v) is 7.05. The molecular weight excluding hydrogens is 332 g/mol. The van der Waals surface area contributed by atoms with Crippen LogP contribution in [-0.4, -0.2) is 10.8 Å². The molecular formula is C16H11ClN4O3. The summed E-state index contributed by atoms with van der Waals surface area (Å²) in [7, 11) is 0. The van der Waals surface area contributed by atoms with E-state index >= 15 is 0 Å². The molecule has 7 nitrogen and oxygen atoms in total. The van der Waals surface area contributed by atoms with Gasteiger partial charge in [0.25, 0.3) is 11.6 Å². The van der Waals surface area contributed by atoms with Gasteiger partial charge in [0, 0.05) is 34.7 Å². The van der Waals surface area contributed by atoms with E-state index in [4.69, 9.17) is 16.9 Å². The summed E-state index contributed by atoms with van der Waals surface area (Å²) < 4.78 is 0. The SMILES string of the molecule is N#C/C(=C/Nc1ccc(Cl)cc1)C(=O)Nc1cccc([N+](=O)[O-])c1. The molecule has 0 radical (unpaired) electrons. The highest BCUT2D eigenvalue weighted by Gasteiger charge is 2.12. The number of anilines is 2. The van der Waals surface area contributed by atoms with E-state index in [0.29, 0.717) is 10.7 Å². The Kier molecular flexibility index (Phi) is 5.49. The third-order valence-electron chi connectivity index (χ3n) is 2.91. The van der Waals surface area contributed by atoms with E-state index in [1.807, 2.05) is 0 Å². The van der Waals surface area contributed by atoms with Gasteiger partial charge in [-0.05, 0) is 30.3 Å². The number of hydrogen-bond acceptors (Lipinski definition) is 5. The van der Waals surface area contributed by atoms with Crippen LogP contribution in [0.25, 0.3) is 0 Å². The summed E-state index contributed by atoms with van der Waals surface area (Å²) >= 11 is 5.77. The van der Waals surface area contributed by atoms with Gasteiger partial charge < -0.3 is 10.6 Å². The third-order valence-corrected chi connectivity index (χ3v) is 3.16. The first kappa shape index (κ1) is 17.0. The number of hydrogen-bond donors (Lipinski definition) is 2. The monoisotopic (exact) mass is 342 g/mol. The van der Waals surface area contributed by atoms with E-state index < -0.39 is 10.8 Å². The first-order valence-electron chi connectivity index (χ1n) is 6.68. The largest absolute Gasteiger partial charge is 0.360 e. The molecule has 0 unspecified atom stereocenters. The van der Waals surface area contributed by atoms with Crippen LogP contribution in [0.15, 0.2) is 60.3 Å². The van der Waals surface area contributed by atoms with Crippen molar-refractivity contribution in [3.63, 3.8) is 0 Å². The highest BCUT2D eigenvalue weighted by atomic mass is 35.5. The Hall–Kier alpha value is -3.37. The molecule has 2 aromatic rings. The van der Waals surface area contributed by atoms with Crippen LogP contribution >= 0.6 is 11.6 Å². The predicted molar refractivity (Wildman–Crippen MR) is 90.5 cm³/mol. The lowest BCUT2D eigenvalue weighted by molar-refractivity contribution is -0.384. The number of nitriles is 1. The molecule has 8 heteroatoms. The summed E-state index contributed by atoms with van der Waals surface area (Å²) in [5, 5.41) is 25.6. The second-order valence-corrected chi connectivity index (χ2v) is 5.02. The summed E-state index contributed by atoms with van der Waals surface area (Å²) in [6.45, 7) is 0. The lowest BCUT2D eigenvalue weighted by atomic mass is 10.2. The predicted octanol–water partition coefficient (Wildman–Crippen LogP) is 3.71. The van der Waals surface area contributed by atoms with Crippen LogP contribution in [0.1, 0.15) is 0 Å². The van der Waals surface area contributed by atoms with E-state index in [9.17, 15) is 14.9 Å². The number of benzene rings is 2. The number of nitrogens with zero attached hydrogens (tertiary/aromatic N) is 2. The molecule has 0 spiro atoms. The smallest absolute Gasteiger partial charge is 0.271 e. The molecule has 120 valence electrons. The van der Waals surface area contributed by atoms with Crippen molar-refractivity contribution in [2.75, 3.05) is 10.6 Å². The van der Waals surface area contributed by atoms with E-state index in [0.717, 1.165) is 0 Å². The summed E-state index contributed by atoms with van der Waals surface area (Å²) in [4.78, 5) is 22.2. The number of carbonyl (C=O) groups is 1. The molecule has 0 saturated carbocycles. The van der Waals surface area contributed by atoms with Gasteiger partial charge in [-0.1, -0.05) is 17.7 Å². The molecule has 0 heterocycles. The average molecular weight is 343 g/mol. The fourth-order valence-electron chi connectivity index (χ4n) is 1.75. The number of nitro benzene ring substituents is 1. The van der Waals surface area contributed by atoms with Crippen molar-refractivity contribution in [3.8, 4) is 6.07 Å². The molecule has 1 amide bonds. The number of nitro groups is 1. The molecule has 2 rings (SSSR count). The Morgan fingerprint density at radius 2 is 1.92 bits per heavy atom. The minimum atomic E-state index is -0.681. The van der Waals surface area contributed by atoms with Crippen LogP contribution in [0.4, 0.5) is 17.1 Å². The Bertz CT molecular complexity index is 841. The van der Waals surface area contributed by atoms with Crippen molar-refractivity contribution in [1.82, 2.24) is 0 Å². The quantitative estimate of drug-likeness (QED) is 0.372. The van der Waals surface area contributed by atoms with Gasteiger partial charge in [0.15, 0.2) is 0 Å². The number of amides is 1. The maximum atomic E-state index is 12.1. The second kappa shape index (κ2) is 7.76. The van der Waals surface area contributed by atoms with E-state index in [1.54, 1.807) is 30.3 Å². The van der Waals surface area contributed by atoms with Gasteiger partial charge in [0.1, 0.15) is 11.6 Å². The van der Waals surface area contributed by atoms with Gasteiger partial charge in [0.05, 0.1) is 4.92 Å². The zero-order chi connectivity index (χ0) is 17.5.